The number of rotatable bonds is 4. The maximum atomic E-state index is 10.9. The number of aromatic nitrogens is 1. The largest absolute Gasteiger partial charge is 0.323 e. The summed E-state index contributed by atoms with van der Waals surface area (Å²) in [5, 5.41) is 10.9. The highest BCUT2D eigenvalue weighted by Gasteiger charge is 2.13. The lowest BCUT2D eigenvalue weighted by molar-refractivity contribution is -0.387. The summed E-state index contributed by atoms with van der Waals surface area (Å²) in [6, 6.07) is 10.2. The van der Waals surface area contributed by atoms with Crippen LogP contribution in [0.25, 0.3) is 0 Å². The van der Waals surface area contributed by atoms with Crippen molar-refractivity contribution in [1.29, 1.82) is 0 Å². The Morgan fingerprint density at radius 2 is 2.05 bits per heavy atom. The predicted molar refractivity (Wildman–Crippen MR) is 74.1 cm³/mol. The maximum Gasteiger partial charge on any atom is 0.283 e. The van der Waals surface area contributed by atoms with E-state index in [1.165, 1.54) is 17.8 Å². The molecule has 1 aromatic carbocycles. The molecule has 0 bridgehead atoms. The number of para-hydroxylation sites is 1. The normalized spacial score (nSPS) is 12.1. The second-order valence-corrected chi connectivity index (χ2v) is 5.15. The Morgan fingerprint density at radius 3 is 2.63 bits per heavy atom. The van der Waals surface area contributed by atoms with Crippen LogP contribution < -0.4 is 5.73 Å². The van der Waals surface area contributed by atoms with Crippen LogP contribution in [0.15, 0.2) is 52.4 Å². The fourth-order valence-electron chi connectivity index (χ4n) is 1.54. The quantitative estimate of drug-likeness (QED) is 0.684. The number of nitro benzene ring substituents is 1. The van der Waals surface area contributed by atoms with Crippen molar-refractivity contribution in [3.05, 3.63) is 58.4 Å². The predicted octanol–water partition coefficient (Wildman–Crippen LogP) is 3.16. The first-order valence-electron chi connectivity index (χ1n) is 5.70. The van der Waals surface area contributed by atoms with E-state index < -0.39 is 0 Å². The highest BCUT2D eigenvalue weighted by atomic mass is 32.2. The smallest absolute Gasteiger partial charge is 0.283 e. The average Bonchev–Trinajstić information content (AvgIpc) is 2.39. The molecule has 2 rings (SSSR count). The summed E-state index contributed by atoms with van der Waals surface area (Å²) in [6.45, 7) is 1.86. The molecule has 2 N–H and O–H groups in total. The van der Waals surface area contributed by atoms with Crippen molar-refractivity contribution >= 4 is 17.4 Å². The lowest BCUT2D eigenvalue weighted by Crippen LogP contribution is -2.06. The summed E-state index contributed by atoms with van der Waals surface area (Å²) in [7, 11) is 0. The first kappa shape index (κ1) is 13.5. The molecule has 0 aliphatic carbocycles. The summed E-state index contributed by atoms with van der Waals surface area (Å²) in [6.07, 6.45) is 1.68. The van der Waals surface area contributed by atoms with Crippen molar-refractivity contribution in [2.75, 3.05) is 0 Å². The minimum Gasteiger partial charge on any atom is -0.323 e. The van der Waals surface area contributed by atoms with Crippen molar-refractivity contribution < 1.29 is 4.92 Å². The number of pyridine rings is 1. The van der Waals surface area contributed by atoms with Gasteiger partial charge in [0.25, 0.3) is 5.69 Å². The molecule has 0 spiro atoms. The van der Waals surface area contributed by atoms with Crippen molar-refractivity contribution in [2.24, 2.45) is 5.73 Å². The Kier molecular flexibility index (Phi) is 4.13. The van der Waals surface area contributed by atoms with E-state index in [-0.39, 0.29) is 16.7 Å². The summed E-state index contributed by atoms with van der Waals surface area (Å²) >= 11 is 1.32. The van der Waals surface area contributed by atoms with E-state index in [1.807, 2.05) is 19.1 Å². The van der Waals surface area contributed by atoms with Crippen LogP contribution in [0.4, 0.5) is 5.69 Å². The molecule has 19 heavy (non-hydrogen) atoms. The molecular formula is C13H13N3O2S. The van der Waals surface area contributed by atoms with E-state index in [0.717, 1.165) is 10.6 Å². The summed E-state index contributed by atoms with van der Waals surface area (Å²) in [5.74, 6) is 0. The maximum absolute atomic E-state index is 10.9. The van der Waals surface area contributed by atoms with Crippen LogP contribution in [0, 0.1) is 10.1 Å². The van der Waals surface area contributed by atoms with Gasteiger partial charge < -0.3 is 5.73 Å². The Hall–Kier alpha value is -1.92. The molecule has 0 saturated heterocycles. The Morgan fingerprint density at radius 1 is 1.32 bits per heavy atom. The van der Waals surface area contributed by atoms with E-state index in [2.05, 4.69) is 4.98 Å². The molecule has 5 nitrogen and oxygen atoms in total. The molecule has 0 aliphatic heterocycles. The van der Waals surface area contributed by atoms with Crippen LogP contribution in [0.1, 0.15) is 18.7 Å². The zero-order valence-electron chi connectivity index (χ0n) is 10.3. The third kappa shape index (κ3) is 3.30. The van der Waals surface area contributed by atoms with Crippen LogP contribution in [-0.2, 0) is 0 Å². The van der Waals surface area contributed by atoms with Gasteiger partial charge in [0, 0.05) is 23.2 Å². The van der Waals surface area contributed by atoms with Gasteiger partial charge in [-0.2, -0.15) is 0 Å². The number of hydrogen-bond acceptors (Lipinski definition) is 5. The van der Waals surface area contributed by atoms with E-state index in [4.69, 9.17) is 5.73 Å². The monoisotopic (exact) mass is 275 g/mol. The first-order valence-corrected chi connectivity index (χ1v) is 6.52. The molecule has 0 aliphatic rings. The van der Waals surface area contributed by atoms with Crippen LogP contribution in [0.2, 0.25) is 0 Å². The molecule has 0 saturated carbocycles. The van der Waals surface area contributed by atoms with Crippen LogP contribution >= 0.6 is 11.8 Å². The standard InChI is InChI=1S/C13H13N3O2S/c1-9(14)11-7-6-10(8-15-11)19-13-5-3-2-4-12(13)16(17)18/h2-9H,14H2,1H3. The SMILES string of the molecule is CC(N)c1ccc(Sc2ccccc2[N+](=O)[O-])cn1. The van der Waals surface area contributed by atoms with Crippen LogP contribution in [-0.4, -0.2) is 9.91 Å². The summed E-state index contributed by atoms with van der Waals surface area (Å²) in [4.78, 5) is 16.2. The van der Waals surface area contributed by atoms with Crippen molar-refractivity contribution in [3.8, 4) is 0 Å². The van der Waals surface area contributed by atoms with Gasteiger partial charge in [0.2, 0.25) is 0 Å². The van der Waals surface area contributed by atoms with Gasteiger partial charge in [0.1, 0.15) is 0 Å². The molecule has 2 aromatic rings. The highest BCUT2D eigenvalue weighted by molar-refractivity contribution is 7.99. The number of nitro groups is 1. The van der Waals surface area contributed by atoms with Gasteiger partial charge in [-0.1, -0.05) is 23.9 Å². The van der Waals surface area contributed by atoms with Gasteiger partial charge in [0.15, 0.2) is 0 Å². The average molecular weight is 275 g/mol. The highest BCUT2D eigenvalue weighted by Crippen LogP contribution is 2.34. The topological polar surface area (TPSA) is 82.0 Å². The summed E-state index contributed by atoms with van der Waals surface area (Å²) < 4.78 is 0. The number of nitrogens with two attached hydrogens (primary N) is 1. The van der Waals surface area contributed by atoms with E-state index in [1.54, 1.807) is 24.4 Å². The molecule has 0 radical (unpaired) electrons. The van der Waals surface area contributed by atoms with E-state index in [0.29, 0.717) is 4.90 Å². The number of benzene rings is 1. The van der Waals surface area contributed by atoms with Gasteiger partial charge in [0.05, 0.1) is 15.5 Å². The molecule has 1 unspecified atom stereocenters. The van der Waals surface area contributed by atoms with Crippen LogP contribution in [0.3, 0.4) is 0 Å². The Bertz CT molecular complexity index is 585. The third-order valence-corrected chi connectivity index (χ3v) is 3.56. The molecule has 1 aromatic heterocycles. The van der Waals surface area contributed by atoms with Gasteiger partial charge in [-0.3, -0.25) is 15.1 Å². The van der Waals surface area contributed by atoms with Crippen molar-refractivity contribution in [1.82, 2.24) is 4.98 Å². The molecule has 6 heteroatoms. The van der Waals surface area contributed by atoms with Gasteiger partial charge in [-0.15, -0.1) is 0 Å². The Balaban J connectivity index is 2.24. The fourth-order valence-corrected chi connectivity index (χ4v) is 2.43. The lowest BCUT2D eigenvalue weighted by Gasteiger charge is -2.06. The molecule has 1 atom stereocenters. The van der Waals surface area contributed by atoms with Gasteiger partial charge >= 0.3 is 0 Å². The minimum atomic E-state index is -0.383. The molecule has 0 amide bonds. The fraction of sp³-hybridized carbons (Fsp3) is 0.154. The number of hydrogen-bond donors (Lipinski definition) is 1. The second kappa shape index (κ2) is 5.81. The van der Waals surface area contributed by atoms with Gasteiger partial charge in [-0.05, 0) is 25.1 Å². The third-order valence-electron chi connectivity index (χ3n) is 2.52. The van der Waals surface area contributed by atoms with Crippen molar-refractivity contribution in [3.63, 3.8) is 0 Å². The van der Waals surface area contributed by atoms with Gasteiger partial charge in [-0.25, -0.2) is 0 Å². The zero-order valence-corrected chi connectivity index (χ0v) is 11.1. The zero-order chi connectivity index (χ0) is 13.8. The molecule has 98 valence electrons. The van der Waals surface area contributed by atoms with Crippen LogP contribution in [0.5, 0.6) is 0 Å². The van der Waals surface area contributed by atoms with E-state index >= 15 is 0 Å². The molecular weight excluding hydrogens is 262 g/mol. The molecule has 0 fully saturated rings. The van der Waals surface area contributed by atoms with Crippen molar-refractivity contribution in [2.45, 2.75) is 22.8 Å². The minimum absolute atomic E-state index is 0.101. The summed E-state index contributed by atoms with van der Waals surface area (Å²) in [5.41, 5.74) is 6.62. The van der Waals surface area contributed by atoms with E-state index in [9.17, 15) is 10.1 Å². The lowest BCUT2D eigenvalue weighted by atomic mass is 10.2. The molecule has 1 heterocycles. The Labute approximate surface area is 115 Å². The number of nitrogens with zero attached hydrogens (tertiary/aromatic N) is 2. The first-order chi connectivity index (χ1) is 9.08. The second-order valence-electron chi connectivity index (χ2n) is 4.03.